The first-order valence-corrected chi connectivity index (χ1v) is 8.97. The van der Waals surface area contributed by atoms with E-state index < -0.39 is 11.0 Å². The molecule has 0 radical (unpaired) electrons. The van der Waals surface area contributed by atoms with Crippen LogP contribution in [0.4, 0.5) is 5.69 Å². The topological polar surface area (TPSA) is 111 Å². The van der Waals surface area contributed by atoms with Gasteiger partial charge in [-0.2, -0.15) is 0 Å². The van der Waals surface area contributed by atoms with Crippen molar-refractivity contribution in [2.45, 2.75) is 25.9 Å². The number of methoxy groups -OCH3 is 1. The summed E-state index contributed by atoms with van der Waals surface area (Å²) >= 11 is 0. The lowest BCUT2D eigenvalue weighted by molar-refractivity contribution is -0.384. The summed E-state index contributed by atoms with van der Waals surface area (Å²) in [5, 5.41) is 23.5. The largest absolute Gasteiger partial charge is 0.493 e. The average molecular weight is 388 g/mol. The van der Waals surface area contributed by atoms with Gasteiger partial charge in [0.1, 0.15) is 0 Å². The maximum absolute atomic E-state index is 12.4. The molecule has 28 heavy (non-hydrogen) atoms. The standard InChI is InChI=1S/C20H24N2O6/c1-3-4-11-28-18-10-7-15(12-19(18)27-2)20(24)21-13-17(23)14-5-8-16(9-6-14)22(25)26/h5-10,12,17,23H,3-4,11,13H2,1-2H3,(H,21,24). The van der Waals surface area contributed by atoms with E-state index in [0.29, 0.717) is 29.2 Å². The minimum Gasteiger partial charge on any atom is -0.493 e. The van der Waals surface area contributed by atoms with E-state index in [1.54, 1.807) is 18.2 Å². The second-order valence-electron chi connectivity index (χ2n) is 6.14. The minimum atomic E-state index is -0.983. The third kappa shape index (κ3) is 5.68. The molecular formula is C20H24N2O6. The molecule has 0 spiro atoms. The van der Waals surface area contributed by atoms with E-state index in [-0.39, 0.29) is 18.1 Å². The Morgan fingerprint density at radius 2 is 1.93 bits per heavy atom. The summed E-state index contributed by atoms with van der Waals surface area (Å²) in [6.45, 7) is 2.60. The molecule has 0 fully saturated rings. The second kappa shape index (κ2) is 10.3. The lowest BCUT2D eigenvalue weighted by atomic mass is 10.1. The van der Waals surface area contributed by atoms with Crippen molar-refractivity contribution in [3.63, 3.8) is 0 Å². The van der Waals surface area contributed by atoms with Gasteiger partial charge in [-0.05, 0) is 42.3 Å². The molecule has 1 unspecified atom stereocenters. The smallest absolute Gasteiger partial charge is 0.269 e. The van der Waals surface area contributed by atoms with E-state index in [2.05, 4.69) is 12.2 Å². The van der Waals surface area contributed by atoms with Crippen molar-refractivity contribution in [1.82, 2.24) is 5.32 Å². The summed E-state index contributed by atoms with van der Waals surface area (Å²) < 4.78 is 10.9. The third-order valence-corrected chi connectivity index (χ3v) is 4.13. The molecule has 0 aromatic heterocycles. The lowest BCUT2D eigenvalue weighted by Gasteiger charge is -2.14. The molecule has 0 saturated carbocycles. The summed E-state index contributed by atoms with van der Waals surface area (Å²) in [5.41, 5.74) is 0.784. The van der Waals surface area contributed by atoms with Crippen molar-refractivity contribution >= 4 is 11.6 Å². The summed E-state index contributed by atoms with van der Waals surface area (Å²) in [6.07, 6.45) is 0.953. The van der Waals surface area contributed by atoms with E-state index in [0.717, 1.165) is 12.8 Å². The zero-order valence-corrected chi connectivity index (χ0v) is 15.9. The fourth-order valence-electron chi connectivity index (χ4n) is 2.48. The number of rotatable bonds is 10. The summed E-state index contributed by atoms with van der Waals surface area (Å²) in [4.78, 5) is 22.5. The number of carbonyl (C=O) groups is 1. The Kier molecular flexibility index (Phi) is 7.76. The van der Waals surface area contributed by atoms with Crippen molar-refractivity contribution in [2.24, 2.45) is 0 Å². The minimum absolute atomic E-state index is 0.0340. The van der Waals surface area contributed by atoms with Crippen molar-refractivity contribution < 1.29 is 24.3 Å². The SMILES string of the molecule is CCCCOc1ccc(C(=O)NCC(O)c2ccc([N+](=O)[O-])cc2)cc1OC. The number of hydrogen-bond donors (Lipinski definition) is 2. The van der Waals surface area contributed by atoms with E-state index >= 15 is 0 Å². The summed E-state index contributed by atoms with van der Waals surface area (Å²) in [5.74, 6) is 0.650. The molecule has 2 aromatic rings. The molecule has 8 nitrogen and oxygen atoms in total. The number of nitrogens with one attached hydrogen (secondary N) is 1. The van der Waals surface area contributed by atoms with E-state index in [1.165, 1.54) is 31.4 Å². The van der Waals surface area contributed by atoms with Crippen molar-refractivity contribution in [3.8, 4) is 11.5 Å². The lowest BCUT2D eigenvalue weighted by Crippen LogP contribution is -2.28. The first-order valence-electron chi connectivity index (χ1n) is 8.97. The molecule has 0 saturated heterocycles. The molecular weight excluding hydrogens is 364 g/mol. The van der Waals surface area contributed by atoms with Crippen LogP contribution in [0.1, 0.15) is 41.8 Å². The van der Waals surface area contributed by atoms with Gasteiger partial charge < -0.3 is 19.9 Å². The molecule has 8 heteroatoms. The maximum Gasteiger partial charge on any atom is 0.269 e. The maximum atomic E-state index is 12.4. The van der Waals surface area contributed by atoms with Gasteiger partial charge in [-0.1, -0.05) is 13.3 Å². The van der Waals surface area contributed by atoms with Gasteiger partial charge in [0.25, 0.3) is 11.6 Å². The number of non-ortho nitro benzene ring substituents is 1. The van der Waals surface area contributed by atoms with Gasteiger partial charge in [0, 0.05) is 24.2 Å². The number of aliphatic hydroxyl groups excluding tert-OH is 1. The Hall–Kier alpha value is -3.13. The molecule has 0 bridgehead atoms. The number of amides is 1. The highest BCUT2D eigenvalue weighted by Crippen LogP contribution is 2.28. The van der Waals surface area contributed by atoms with E-state index in [4.69, 9.17) is 9.47 Å². The fourth-order valence-corrected chi connectivity index (χ4v) is 2.48. The normalized spacial score (nSPS) is 11.5. The number of nitrogens with zero attached hydrogens (tertiary/aromatic N) is 1. The van der Waals surface area contributed by atoms with Crippen molar-refractivity contribution in [2.75, 3.05) is 20.3 Å². The molecule has 0 aliphatic heterocycles. The molecule has 1 atom stereocenters. The van der Waals surface area contributed by atoms with Crippen molar-refractivity contribution in [1.29, 1.82) is 0 Å². The Morgan fingerprint density at radius 1 is 1.21 bits per heavy atom. The van der Waals surface area contributed by atoms with Crippen LogP contribution < -0.4 is 14.8 Å². The number of unbranched alkanes of at least 4 members (excludes halogenated alkanes) is 1. The van der Waals surface area contributed by atoms with Crippen LogP contribution in [-0.2, 0) is 0 Å². The highest BCUT2D eigenvalue weighted by molar-refractivity contribution is 5.94. The fraction of sp³-hybridized carbons (Fsp3) is 0.350. The van der Waals surface area contributed by atoms with Gasteiger partial charge in [-0.15, -0.1) is 0 Å². The Labute approximate surface area is 163 Å². The summed E-state index contributed by atoms with van der Waals surface area (Å²) in [6, 6.07) is 10.4. The van der Waals surface area contributed by atoms with E-state index in [9.17, 15) is 20.0 Å². The number of nitro groups is 1. The Bertz CT molecular complexity index is 807. The number of hydrogen-bond acceptors (Lipinski definition) is 6. The van der Waals surface area contributed by atoms with Crippen LogP contribution in [-0.4, -0.2) is 36.2 Å². The van der Waals surface area contributed by atoms with Crippen LogP contribution in [0.5, 0.6) is 11.5 Å². The predicted molar refractivity (Wildman–Crippen MR) is 104 cm³/mol. The molecule has 0 aliphatic carbocycles. The molecule has 0 aliphatic rings. The number of nitro benzene ring substituents is 1. The van der Waals surface area contributed by atoms with Crippen LogP contribution >= 0.6 is 0 Å². The van der Waals surface area contributed by atoms with E-state index in [1.807, 2.05) is 0 Å². The number of aliphatic hydroxyl groups is 1. The zero-order valence-electron chi connectivity index (χ0n) is 15.9. The van der Waals surface area contributed by atoms with Gasteiger partial charge in [0.15, 0.2) is 11.5 Å². The quantitative estimate of drug-likeness (QED) is 0.367. The molecule has 2 rings (SSSR count). The van der Waals surface area contributed by atoms with Gasteiger partial charge in [0.2, 0.25) is 0 Å². The molecule has 2 aromatic carbocycles. The molecule has 0 heterocycles. The Morgan fingerprint density at radius 3 is 2.54 bits per heavy atom. The predicted octanol–water partition coefficient (Wildman–Crippen LogP) is 3.25. The van der Waals surface area contributed by atoms with Crippen LogP contribution in [0.2, 0.25) is 0 Å². The number of carbonyl (C=O) groups excluding carboxylic acids is 1. The first-order chi connectivity index (χ1) is 13.5. The van der Waals surface area contributed by atoms with Crippen LogP contribution in [0.25, 0.3) is 0 Å². The Balaban J connectivity index is 1.97. The van der Waals surface area contributed by atoms with Crippen LogP contribution in [0.15, 0.2) is 42.5 Å². The molecule has 150 valence electrons. The molecule has 2 N–H and O–H groups in total. The van der Waals surface area contributed by atoms with Gasteiger partial charge in [-0.3, -0.25) is 14.9 Å². The number of benzene rings is 2. The molecule has 1 amide bonds. The summed E-state index contributed by atoms with van der Waals surface area (Å²) in [7, 11) is 1.50. The monoisotopic (exact) mass is 388 g/mol. The first kappa shape index (κ1) is 21.2. The van der Waals surface area contributed by atoms with Crippen LogP contribution in [0, 0.1) is 10.1 Å². The highest BCUT2D eigenvalue weighted by Gasteiger charge is 2.14. The zero-order chi connectivity index (χ0) is 20.5. The number of ether oxygens (including phenoxy) is 2. The van der Waals surface area contributed by atoms with Gasteiger partial charge in [-0.25, -0.2) is 0 Å². The van der Waals surface area contributed by atoms with Crippen molar-refractivity contribution in [3.05, 3.63) is 63.7 Å². The van der Waals surface area contributed by atoms with Gasteiger partial charge >= 0.3 is 0 Å². The second-order valence-corrected chi connectivity index (χ2v) is 6.14. The van der Waals surface area contributed by atoms with Crippen LogP contribution in [0.3, 0.4) is 0 Å². The third-order valence-electron chi connectivity index (χ3n) is 4.13. The average Bonchev–Trinajstić information content (AvgIpc) is 2.72. The van der Waals surface area contributed by atoms with Gasteiger partial charge in [0.05, 0.1) is 24.7 Å². The highest BCUT2D eigenvalue weighted by atomic mass is 16.6.